The summed E-state index contributed by atoms with van der Waals surface area (Å²) in [6, 6.07) is 11.2. The van der Waals surface area contributed by atoms with Crippen molar-refractivity contribution in [1.29, 1.82) is 0 Å². The molecule has 2 aromatic rings. The van der Waals surface area contributed by atoms with Crippen molar-refractivity contribution in [2.24, 2.45) is 0 Å². The summed E-state index contributed by atoms with van der Waals surface area (Å²) in [5.41, 5.74) is 1.53. The summed E-state index contributed by atoms with van der Waals surface area (Å²) >= 11 is 0. The average Bonchev–Trinajstić information content (AvgIpc) is 2.42. The summed E-state index contributed by atoms with van der Waals surface area (Å²) in [5.74, 6) is 0.319. The second-order valence-corrected chi connectivity index (χ2v) is 5.24. The van der Waals surface area contributed by atoms with Crippen molar-refractivity contribution < 1.29 is 13.9 Å². The highest BCUT2D eigenvalue weighted by Crippen LogP contribution is 2.19. The summed E-state index contributed by atoms with van der Waals surface area (Å²) in [4.78, 5) is 11.9. The number of amides is 2. The molecular weight excluding hydrogens is 283 g/mol. The van der Waals surface area contributed by atoms with Crippen LogP contribution in [-0.2, 0) is 0 Å². The Morgan fingerprint density at radius 2 is 1.77 bits per heavy atom. The first kappa shape index (κ1) is 15.8. The third-order valence-electron chi connectivity index (χ3n) is 2.89. The van der Waals surface area contributed by atoms with Crippen LogP contribution in [0.15, 0.2) is 42.5 Å². The predicted octanol–water partition coefficient (Wildman–Crippen LogP) is 4.57. The van der Waals surface area contributed by atoms with Crippen molar-refractivity contribution in [3.8, 4) is 5.75 Å². The molecule has 0 unspecified atom stereocenters. The Bertz CT molecular complexity index is 671. The first-order valence-corrected chi connectivity index (χ1v) is 7.05. The summed E-state index contributed by atoms with van der Waals surface area (Å²) in [6.45, 7) is 5.52. The molecule has 0 fully saturated rings. The van der Waals surface area contributed by atoms with Gasteiger partial charge in [0.15, 0.2) is 0 Å². The van der Waals surface area contributed by atoms with Crippen LogP contribution in [0.25, 0.3) is 0 Å². The van der Waals surface area contributed by atoms with E-state index in [1.165, 1.54) is 6.07 Å². The Morgan fingerprint density at radius 1 is 1.09 bits per heavy atom. The van der Waals surface area contributed by atoms with Crippen LogP contribution in [0.3, 0.4) is 0 Å². The molecule has 2 amide bonds. The van der Waals surface area contributed by atoms with Gasteiger partial charge in [-0.25, -0.2) is 9.18 Å². The molecule has 5 heteroatoms. The third kappa shape index (κ3) is 4.48. The third-order valence-corrected chi connectivity index (χ3v) is 2.89. The van der Waals surface area contributed by atoms with Gasteiger partial charge in [0.05, 0.1) is 6.10 Å². The normalized spacial score (nSPS) is 10.4. The second kappa shape index (κ2) is 6.93. The molecule has 2 aromatic carbocycles. The molecule has 0 aromatic heterocycles. The first-order chi connectivity index (χ1) is 10.4. The molecule has 2 N–H and O–H groups in total. The molecule has 0 saturated carbocycles. The van der Waals surface area contributed by atoms with Crippen LogP contribution >= 0.6 is 0 Å². The van der Waals surface area contributed by atoms with E-state index >= 15 is 0 Å². The molecule has 0 saturated heterocycles. The molecule has 4 nitrogen and oxygen atoms in total. The van der Waals surface area contributed by atoms with Gasteiger partial charge >= 0.3 is 6.03 Å². The van der Waals surface area contributed by atoms with Gasteiger partial charge in [0, 0.05) is 17.4 Å². The monoisotopic (exact) mass is 302 g/mol. The average molecular weight is 302 g/mol. The smallest absolute Gasteiger partial charge is 0.323 e. The summed E-state index contributed by atoms with van der Waals surface area (Å²) < 4.78 is 19.0. The van der Waals surface area contributed by atoms with E-state index in [1.54, 1.807) is 37.3 Å². The van der Waals surface area contributed by atoms with E-state index in [1.807, 2.05) is 19.9 Å². The zero-order chi connectivity index (χ0) is 16.1. The predicted molar refractivity (Wildman–Crippen MR) is 86.0 cm³/mol. The Labute approximate surface area is 129 Å². The fraction of sp³-hybridized carbons (Fsp3) is 0.235. The van der Waals surface area contributed by atoms with Crippen LogP contribution in [0.1, 0.15) is 19.4 Å². The topological polar surface area (TPSA) is 50.4 Å². The van der Waals surface area contributed by atoms with Crippen LogP contribution in [0.4, 0.5) is 20.6 Å². The lowest BCUT2D eigenvalue weighted by molar-refractivity contribution is 0.242. The SMILES string of the molecule is Cc1ccc(NC(=O)Nc2cccc(OC(C)C)c2)cc1F. The van der Waals surface area contributed by atoms with Gasteiger partial charge < -0.3 is 15.4 Å². The number of carbonyl (C=O) groups excluding carboxylic acids is 1. The minimum absolute atomic E-state index is 0.0552. The lowest BCUT2D eigenvalue weighted by Crippen LogP contribution is -2.19. The van der Waals surface area contributed by atoms with Gasteiger partial charge in [0.25, 0.3) is 0 Å². The molecule has 0 aliphatic rings. The van der Waals surface area contributed by atoms with E-state index in [2.05, 4.69) is 10.6 Å². The number of rotatable bonds is 4. The maximum atomic E-state index is 13.4. The van der Waals surface area contributed by atoms with Crippen molar-refractivity contribution in [3.05, 3.63) is 53.8 Å². The van der Waals surface area contributed by atoms with E-state index in [-0.39, 0.29) is 11.9 Å². The van der Waals surface area contributed by atoms with E-state index in [0.717, 1.165) is 0 Å². The lowest BCUT2D eigenvalue weighted by Gasteiger charge is -2.12. The Hall–Kier alpha value is -2.56. The van der Waals surface area contributed by atoms with Crippen LogP contribution < -0.4 is 15.4 Å². The number of halogens is 1. The minimum Gasteiger partial charge on any atom is -0.491 e. The molecule has 22 heavy (non-hydrogen) atoms. The number of carbonyl (C=O) groups is 1. The van der Waals surface area contributed by atoms with Crippen LogP contribution in [0, 0.1) is 12.7 Å². The second-order valence-electron chi connectivity index (χ2n) is 5.24. The highest BCUT2D eigenvalue weighted by molar-refractivity contribution is 5.99. The maximum Gasteiger partial charge on any atom is 0.323 e. The fourth-order valence-corrected chi connectivity index (χ4v) is 1.88. The molecule has 2 rings (SSSR count). The zero-order valence-corrected chi connectivity index (χ0v) is 12.8. The zero-order valence-electron chi connectivity index (χ0n) is 12.8. The molecule has 0 bridgehead atoms. The van der Waals surface area contributed by atoms with E-state index in [0.29, 0.717) is 22.7 Å². The largest absolute Gasteiger partial charge is 0.491 e. The summed E-state index contributed by atoms with van der Waals surface area (Å²) in [6.07, 6.45) is 0.0552. The quantitative estimate of drug-likeness (QED) is 0.869. The molecule has 0 heterocycles. The summed E-state index contributed by atoms with van der Waals surface area (Å²) in [5, 5.41) is 5.27. The van der Waals surface area contributed by atoms with Gasteiger partial charge in [0.2, 0.25) is 0 Å². The standard InChI is InChI=1S/C17H19FN2O2/c1-11(2)22-15-6-4-5-13(9-15)19-17(21)20-14-8-7-12(3)16(18)10-14/h4-11H,1-3H3,(H2,19,20,21). The van der Waals surface area contributed by atoms with Gasteiger partial charge in [-0.3, -0.25) is 0 Å². The van der Waals surface area contributed by atoms with Gasteiger partial charge in [-0.1, -0.05) is 12.1 Å². The van der Waals surface area contributed by atoms with Crippen LogP contribution in [0.5, 0.6) is 5.75 Å². The molecule has 0 spiro atoms. The fourth-order valence-electron chi connectivity index (χ4n) is 1.88. The maximum absolute atomic E-state index is 13.4. The molecule has 0 aliphatic heterocycles. The highest BCUT2D eigenvalue weighted by atomic mass is 19.1. The number of hydrogen-bond acceptors (Lipinski definition) is 2. The van der Waals surface area contributed by atoms with Crippen molar-refractivity contribution in [3.63, 3.8) is 0 Å². The molecule has 0 atom stereocenters. The Balaban J connectivity index is 2.01. The van der Waals surface area contributed by atoms with Crippen molar-refractivity contribution >= 4 is 17.4 Å². The van der Waals surface area contributed by atoms with Crippen LogP contribution in [0.2, 0.25) is 0 Å². The van der Waals surface area contributed by atoms with E-state index in [4.69, 9.17) is 4.74 Å². The number of hydrogen-bond donors (Lipinski definition) is 2. The van der Waals surface area contributed by atoms with Crippen molar-refractivity contribution in [2.75, 3.05) is 10.6 Å². The van der Waals surface area contributed by atoms with E-state index < -0.39 is 6.03 Å². The Kier molecular flexibility index (Phi) is 4.99. The van der Waals surface area contributed by atoms with Gasteiger partial charge in [-0.2, -0.15) is 0 Å². The lowest BCUT2D eigenvalue weighted by atomic mass is 10.2. The summed E-state index contributed by atoms with van der Waals surface area (Å²) in [7, 11) is 0. The van der Waals surface area contributed by atoms with E-state index in [9.17, 15) is 9.18 Å². The van der Waals surface area contributed by atoms with Gasteiger partial charge in [-0.05, 0) is 50.6 Å². The van der Waals surface area contributed by atoms with Gasteiger partial charge in [0.1, 0.15) is 11.6 Å². The van der Waals surface area contributed by atoms with Gasteiger partial charge in [-0.15, -0.1) is 0 Å². The number of urea groups is 1. The number of benzene rings is 2. The number of anilines is 2. The van der Waals surface area contributed by atoms with Crippen molar-refractivity contribution in [1.82, 2.24) is 0 Å². The number of aryl methyl sites for hydroxylation is 1. The molecule has 0 radical (unpaired) electrons. The van der Waals surface area contributed by atoms with Crippen molar-refractivity contribution in [2.45, 2.75) is 26.9 Å². The number of nitrogens with one attached hydrogen (secondary N) is 2. The molecular formula is C17H19FN2O2. The molecule has 0 aliphatic carbocycles. The number of ether oxygens (including phenoxy) is 1. The first-order valence-electron chi connectivity index (χ1n) is 7.05. The highest BCUT2D eigenvalue weighted by Gasteiger charge is 2.06. The Morgan fingerprint density at radius 3 is 2.41 bits per heavy atom. The molecule has 116 valence electrons. The minimum atomic E-state index is -0.440. The van der Waals surface area contributed by atoms with Crippen LogP contribution in [-0.4, -0.2) is 12.1 Å².